The van der Waals surface area contributed by atoms with Gasteiger partial charge in [0.25, 0.3) is 0 Å². The molecule has 12 atom stereocenters. The van der Waals surface area contributed by atoms with Crippen LogP contribution in [0.4, 0.5) is 0 Å². The van der Waals surface area contributed by atoms with Crippen molar-refractivity contribution in [2.45, 2.75) is 72.6 Å². The van der Waals surface area contributed by atoms with Crippen LogP contribution < -0.4 is 0 Å². The summed E-state index contributed by atoms with van der Waals surface area (Å²) in [6.45, 7) is 11.3. The second-order valence-corrected chi connectivity index (χ2v) is 12.3. The topological polar surface area (TPSA) is 0 Å². The molecular weight excluding hydrogens is 276 g/mol. The maximum absolute atomic E-state index is 2.85. The first kappa shape index (κ1) is 13.2. The van der Waals surface area contributed by atoms with E-state index in [1.54, 1.807) is 44.9 Å². The summed E-state index contributed by atoms with van der Waals surface area (Å²) in [4.78, 5) is 0. The lowest BCUT2D eigenvalue weighted by Gasteiger charge is -2.66. The van der Waals surface area contributed by atoms with Gasteiger partial charge in [0.05, 0.1) is 0 Å². The van der Waals surface area contributed by atoms with E-state index in [1.807, 2.05) is 0 Å². The van der Waals surface area contributed by atoms with Gasteiger partial charge in [-0.05, 0) is 114 Å². The third-order valence-electron chi connectivity index (χ3n) is 12.8. The Morgan fingerprint density at radius 1 is 0.696 bits per heavy atom. The quantitative estimate of drug-likeness (QED) is 0.533. The molecule has 0 heteroatoms. The van der Waals surface area contributed by atoms with E-state index in [2.05, 4.69) is 27.7 Å². The van der Waals surface area contributed by atoms with Gasteiger partial charge < -0.3 is 0 Å². The van der Waals surface area contributed by atoms with Crippen molar-refractivity contribution < 1.29 is 0 Å². The molecule has 8 rings (SSSR count). The largest absolute Gasteiger partial charge is 0.0591 e. The van der Waals surface area contributed by atoms with Crippen molar-refractivity contribution in [2.24, 2.45) is 69.0 Å². The van der Waals surface area contributed by atoms with Crippen LogP contribution in [0.15, 0.2) is 0 Å². The molecule has 0 nitrogen and oxygen atoms in total. The predicted molar refractivity (Wildman–Crippen MR) is 92.7 cm³/mol. The highest BCUT2D eigenvalue weighted by molar-refractivity contribution is 5.33. The summed E-state index contributed by atoms with van der Waals surface area (Å²) in [6, 6.07) is 0. The number of hydrogen-bond acceptors (Lipinski definition) is 0. The lowest BCUT2D eigenvalue weighted by molar-refractivity contribution is -0.183. The van der Waals surface area contributed by atoms with E-state index in [-0.39, 0.29) is 0 Å². The molecule has 0 saturated heterocycles. The summed E-state index contributed by atoms with van der Waals surface area (Å²) in [5.41, 5.74) is 2.85. The van der Waals surface area contributed by atoms with Crippen molar-refractivity contribution in [1.82, 2.24) is 0 Å². The Morgan fingerprint density at radius 3 is 2.35 bits per heavy atom. The fraction of sp³-hybridized carbons (Fsp3) is 1.00. The second-order valence-electron chi connectivity index (χ2n) is 12.3. The van der Waals surface area contributed by atoms with Crippen molar-refractivity contribution in [2.75, 3.05) is 0 Å². The summed E-state index contributed by atoms with van der Waals surface area (Å²) in [6.07, 6.45) is 11.3. The van der Waals surface area contributed by atoms with E-state index in [0.29, 0.717) is 16.2 Å². The Morgan fingerprint density at radius 2 is 1.52 bits per heavy atom. The zero-order chi connectivity index (χ0) is 15.6. The number of fused-ring (bicyclic) bond motifs is 2. The van der Waals surface area contributed by atoms with Crippen LogP contribution in [0.25, 0.3) is 0 Å². The molecule has 126 valence electrons. The predicted octanol–water partition coefficient (Wildman–Crippen LogP) is 5.77. The van der Waals surface area contributed by atoms with E-state index in [9.17, 15) is 0 Å². The zero-order valence-corrected chi connectivity index (χ0v) is 15.6. The first-order valence-corrected chi connectivity index (χ1v) is 10.9. The van der Waals surface area contributed by atoms with E-state index < -0.39 is 0 Å². The van der Waals surface area contributed by atoms with Crippen LogP contribution in [0.2, 0.25) is 0 Å². The van der Waals surface area contributed by atoms with Gasteiger partial charge in [-0.25, -0.2) is 0 Å². The first-order valence-electron chi connectivity index (χ1n) is 10.9. The summed E-state index contributed by atoms with van der Waals surface area (Å²) < 4.78 is 0. The van der Waals surface area contributed by atoms with Crippen LogP contribution in [-0.2, 0) is 0 Å². The highest BCUT2D eigenvalue weighted by Crippen LogP contribution is 2.91. The van der Waals surface area contributed by atoms with Crippen molar-refractivity contribution in [3.8, 4) is 0 Å². The number of rotatable bonds is 0. The maximum atomic E-state index is 2.85. The van der Waals surface area contributed by atoms with Crippen molar-refractivity contribution >= 4 is 0 Å². The van der Waals surface area contributed by atoms with Gasteiger partial charge in [0.2, 0.25) is 0 Å². The normalized spacial score (nSPS) is 78.8. The fourth-order valence-electron chi connectivity index (χ4n) is 12.6. The van der Waals surface area contributed by atoms with Gasteiger partial charge >= 0.3 is 0 Å². The molecule has 0 heterocycles. The van der Waals surface area contributed by atoms with Gasteiger partial charge in [0.15, 0.2) is 0 Å². The summed E-state index contributed by atoms with van der Waals surface area (Å²) in [7, 11) is 0. The standard InChI is InChI=1S/C23H34/c1-20-8-7-13-9-16(20)18-12-5-6-14-15-10-17(19(20)21(15,2)11-12)23(14,4)22(13,18)3/h12-19H,5-11H2,1-4H3. The maximum Gasteiger partial charge on any atom is -0.0204 e. The Labute approximate surface area is 142 Å². The summed E-state index contributed by atoms with van der Waals surface area (Å²) >= 11 is 0. The molecule has 11 bridgehead atoms. The van der Waals surface area contributed by atoms with Gasteiger partial charge in [-0.2, -0.15) is 0 Å². The molecule has 0 aromatic heterocycles. The molecule has 8 aliphatic carbocycles. The van der Waals surface area contributed by atoms with E-state index in [4.69, 9.17) is 0 Å². The molecule has 0 amide bonds. The monoisotopic (exact) mass is 310 g/mol. The Bertz CT molecular complexity index is 636. The molecule has 0 aromatic carbocycles. The smallest absolute Gasteiger partial charge is 0.0204 e. The van der Waals surface area contributed by atoms with Gasteiger partial charge in [-0.3, -0.25) is 0 Å². The fourth-order valence-corrected chi connectivity index (χ4v) is 12.6. The molecule has 0 spiro atoms. The Kier molecular flexibility index (Phi) is 1.85. The molecular formula is C23H34. The summed E-state index contributed by atoms with van der Waals surface area (Å²) in [5, 5.41) is 0. The third-order valence-corrected chi connectivity index (χ3v) is 12.8. The van der Waals surface area contributed by atoms with Crippen LogP contribution in [0.3, 0.4) is 0 Å². The lowest BCUT2D eigenvalue weighted by atomic mass is 9.38. The average Bonchev–Trinajstić information content (AvgIpc) is 2.97. The number of hydrogen-bond donors (Lipinski definition) is 0. The minimum absolute atomic E-state index is 0.706. The van der Waals surface area contributed by atoms with E-state index >= 15 is 0 Å². The van der Waals surface area contributed by atoms with E-state index in [1.165, 1.54) is 0 Å². The minimum Gasteiger partial charge on any atom is -0.0591 e. The highest BCUT2D eigenvalue weighted by atomic mass is 14.9. The first-order chi connectivity index (χ1) is 10.9. The molecule has 0 aromatic rings. The molecule has 12 unspecified atom stereocenters. The van der Waals surface area contributed by atoms with Gasteiger partial charge in [-0.15, -0.1) is 0 Å². The van der Waals surface area contributed by atoms with Crippen LogP contribution in [0, 0.1) is 69.0 Å². The summed E-state index contributed by atoms with van der Waals surface area (Å²) in [5.74, 6) is 8.75. The lowest BCUT2D eigenvalue weighted by Crippen LogP contribution is -2.60. The molecule has 8 aliphatic rings. The van der Waals surface area contributed by atoms with Crippen molar-refractivity contribution in [3.63, 3.8) is 0 Å². The molecule has 8 saturated carbocycles. The van der Waals surface area contributed by atoms with Crippen LogP contribution in [0.5, 0.6) is 0 Å². The SMILES string of the molecule is CC12CC3CCC4C1CC1C2C2(C)CCC5CC2C3C5(C)C41C. The van der Waals surface area contributed by atoms with Crippen LogP contribution in [0.1, 0.15) is 72.6 Å². The van der Waals surface area contributed by atoms with Crippen molar-refractivity contribution in [3.05, 3.63) is 0 Å². The van der Waals surface area contributed by atoms with Gasteiger partial charge in [0.1, 0.15) is 0 Å². The van der Waals surface area contributed by atoms with Crippen LogP contribution in [-0.4, -0.2) is 0 Å². The van der Waals surface area contributed by atoms with Gasteiger partial charge in [-0.1, -0.05) is 27.7 Å². The molecule has 23 heavy (non-hydrogen) atoms. The Hall–Kier alpha value is 0. The molecule has 8 fully saturated rings. The Balaban J connectivity index is 1.66. The molecule has 0 aliphatic heterocycles. The highest BCUT2D eigenvalue weighted by Gasteiger charge is 2.85. The van der Waals surface area contributed by atoms with Crippen molar-refractivity contribution in [1.29, 1.82) is 0 Å². The minimum atomic E-state index is 0.706. The van der Waals surface area contributed by atoms with E-state index in [0.717, 1.165) is 52.8 Å². The average molecular weight is 311 g/mol. The van der Waals surface area contributed by atoms with Crippen LogP contribution >= 0.6 is 0 Å². The third kappa shape index (κ3) is 0.935. The second kappa shape index (κ2) is 3.21. The van der Waals surface area contributed by atoms with Gasteiger partial charge in [0, 0.05) is 0 Å². The molecule has 0 N–H and O–H groups in total. The molecule has 0 radical (unpaired) electrons. The zero-order valence-electron chi connectivity index (χ0n) is 15.6.